The minimum Gasteiger partial charge on any atom is -0.459 e. The Morgan fingerprint density at radius 1 is 1.20 bits per heavy atom. The van der Waals surface area contributed by atoms with Gasteiger partial charge in [-0.1, -0.05) is 41.0 Å². The summed E-state index contributed by atoms with van der Waals surface area (Å²) >= 11 is 1.54. The van der Waals surface area contributed by atoms with Gasteiger partial charge in [-0.2, -0.15) is 0 Å². The molecule has 0 bridgehead atoms. The molecule has 0 aromatic carbocycles. The number of aryl methyl sites for hydroxylation is 1. The summed E-state index contributed by atoms with van der Waals surface area (Å²) in [6.07, 6.45) is -3.38. The number of nitrogens with zero attached hydrogens (tertiary/aromatic N) is 1. The third-order valence-electron chi connectivity index (χ3n) is 7.54. The van der Waals surface area contributed by atoms with Crippen LogP contribution in [0.15, 0.2) is 5.38 Å². The van der Waals surface area contributed by atoms with E-state index in [2.05, 4.69) is 4.98 Å². The maximum atomic E-state index is 13.0. The molecule has 35 heavy (non-hydrogen) atoms. The lowest BCUT2D eigenvalue weighted by molar-refractivity contribution is -0.163. The van der Waals surface area contributed by atoms with E-state index in [-0.39, 0.29) is 24.0 Å². The highest BCUT2D eigenvalue weighted by molar-refractivity contribution is 7.09. The largest absolute Gasteiger partial charge is 0.459 e. The summed E-state index contributed by atoms with van der Waals surface area (Å²) in [5.74, 6) is -2.12. The summed E-state index contributed by atoms with van der Waals surface area (Å²) in [4.78, 5) is 30.2. The summed E-state index contributed by atoms with van der Waals surface area (Å²) in [6, 6.07) is 0. The maximum Gasteiger partial charge on any atom is 0.308 e. The van der Waals surface area contributed by atoms with Gasteiger partial charge < -0.3 is 25.2 Å². The molecule has 2 heterocycles. The minimum atomic E-state index is -1.31. The molecular weight excluding hydrogens is 470 g/mol. The second kappa shape index (κ2) is 12.7. The lowest BCUT2D eigenvalue weighted by Crippen LogP contribution is -2.46. The van der Waals surface area contributed by atoms with E-state index in [0.717, 1.165) is 10.7 Å². The number of hydrogen-bond acceptors (Lipinski definition) is 9. The van der Waals surface area contributed by atoms with Gasteiger partial charge in [0.15, 0.2) is 0 Å². The molecule has 8 atom stereocenters. The van der Waals surface area contributed by atoms with Crippen LogP contribution < -0.4 is 0 Å². The first-order valence-electron chi connectivity index (χ1n) is 12.6. The van der Waals surface area contributed by atoms with Crippen LogP contribution >= 0.6 is 11.3 Å². The number of Topliss-reactive ketones (excluding diaryl/α,β-unsaturated/α-hetero) is 1. The van der Waals surface area contributed by atoms with E-state index in [1.165, 1.54) is 0 Å². The van der Waals surface area contributed by atoms with E-state index in [4.69, 9.17) is 4.74 Å². The Bertz CT molecular complexity index is 841. The van der Waals surface area contributed by atoms with Crippen LogP contribution in [0.25, 0.3) is 0 Å². The number of aliphatic hydroxyl groups is 4. The van der Waals surface area contributed by atoms with Gasteiger partial charge in [-0.3, -0.25) is 9.59 Å². The Morgan fingerprint density at radius 3 is 2.46 bits per heavy atom. The lowest BCUT2D eigenvalue weighted by Gasteiger charge is -2.35. The highest BCUT2D eigenvalue weighted by atomic mass is 32.1. The number of aliphatic hydroxyl groups excluding tert-OH is 4. The molecule has 1 fully saturated rings. The predicted molar refractivity (Wildman–Crippen MR) is 134 cm³/mol. The molecular formula is C26H43NO7S. The number of rotatable bonds is 5. The van der Waals surface area contributed by atoms with Gasteiger partial charge in [0.05, 0.1) is 47.0 Å². The van der Waals surface area contributed by atoms with Gasteiger partial charge in [0.1, 0.15) is 11.9 Å². The van der Waals surface area contributed by atoms with E-state index in [1.807, 2.05) is 26.2 Å². The molecule has 4 N–H and O–H groups in total. The Morgan fingerprint density at radius 2 is 1.86 bits per heavy atom. The molecule has 1 aliphatic rings. The summed E-state index contributed by atoms with van der Waals surface area (Å²) in [6.45, 7) is 10.4. The highest BCUT2D eigenvalue weighted by Gasteiger charge is 2.43. The third-order valence-corrected chi connectivity index (χ3v) is 8.36. The molecule has 0 aliphatic carbocycles. The topological polar surface area (TPSA) is 137 Å². The number of carbonyl (C=O) groups excluding carboxylic acids is 2. The molecule has 0 amide bonds. The first kappa shape index (κ1) is 29.8. The van der Waals surface area contributed by atoms with E-state index in [9.17, 15) is 30.0 Å². The van der Waals surface area contributed by atoms with Crippen LogP contribution in [0.2, 0.25) is 0 Å². The minimum absolute atomic E-state index is 0.0465. The zero-order chi connectivity index (χ0) is 26.5. The van der Waals surface area contributed by atoms with Crippen LogP contribution in [0.3, 0.4) is 0 Å². The molecule has 8 nitrogen and oxygen atoms in total. The molecule has 1 aliphatic heterocycles. The van der Waals surface area contributed by atoms with Crippen molar-refractivity contribution in [3.8, 4) is 0 Å². The molecule has 0 spiro atoms. The third kappa shape index (κ3) is 8.05. The average molecular weight is 514 g/mol. The fourth-order valence-corrected chi connectivity index (χ4v) is 5.38. The molecule has 1 aromatic heterocycles. The number of aromatic nitrogens is 1. The Labute approximate surface area is 212 Å². The normalized spacial score (nSPS) is 33.0. The maximum absolute atomic E-state index is 13.0. The number of esters is 1. The smallest absolute Gasteiger partial charge is 0.308 e. The van der Waals surface area contributed by atoms with E-state index < -0.39 is 54.2 Å². The molecule has 2 rings (SSSR count). The van der Waals surface area contributed by atoms with Crippen molar-refractivity contribution in [1.82, 2.24) is 4.98 Å². The molecule has 1 aromatic rings. The summed E-state index contributed by atoms with van der Waals surface area (Å²) in [7, 11) is 0. The number of thiazole rings is 1. The Balaban J connectivity index is 2.17. The number of ether oxygens (including phenoxy) is 1. The van der Waals surface area contributed by atoms with Gasteiger partial charge in [0.2, 0.25) is 0 Å². The van der Waals surface area contributed by atoms with Gasteiger partial charge in [0.25, 0.3) is 0 Å². The van der Waals surface area contributed by atoms with E-state index >= 15 is 0 Å². The number of cyclic esters (lactones) is 1. The monoisotopic (exact) mass is 513 g/mol. The van der Waals surface area contributed by atoms with Crippen molar-refractivity contribution in [3.63, 3.8) is 0 Å². The fraction of sp³-hybridized carbons (Fsp3) is 0.808. The summed E-state index contributed by atoms with van der Waals surface area (Å²) < 4.78 is 5.57. The second-order valence-corrected chi connectivity index (χ2v) is 12.0. The highest BCUT2D eigenvalue weighted by Crippen LogP contribution is 2.32. The van der Waals surface area contributed by atoms with Crippen molar-refractivity contribution in [1.29, 1.82) is 0 Å². The van der Waals surface area contributed by atoms with Crippen molar-refractivity contribution in [3.05, 3.63) is 16.1 Å². The van der Waals surface area contributed by atoms with Gasteiger partial charge in [-0.25, -0.2) is 4.98 Å². The zero-order valence-electron chi connectivity index (χ0n) is 21.8. The zero-order valence-corrected chi connectivity index (χ0v) is 22.6. The van der Waals surface area contributed by atoms with Crippen molar-refractivity contribution >= 4 is 23.1 Å². The molecule has 0 radical (unpaired) electrons. The summed E-state index contributed by atoms with van der Waals surface area (Å²) in [5.41, 5.74) is -0.378. The van der Waals surface area contributed by atoms with Gasteiger partial charge in [-0.05, 0) is 38.0 Å². The standard InChI is InChI=1S/C26H43NO7S/c1-14-8-7-9-19(28)21(11-20(29)15(2)10-18-13-35-17(4)27-18)34-23(31)12-22(30)26(5,6)25(33)16(3)24(14)32/h13-16,19-22,24,28-30,32H,7-12H2,1-6H3/t14-,15?,16+,19+,20?,21+,22-,24-/m0/s1. The van der Waals surface area contributed by atoms with Gasteiger partial charge in [0, 0.05) is 17.7 Å². The number of hydrogen-bond donors (Lipinski definition) is 4. The quantitative estimate of drug-likeness (QED) is 0.441. The average Bonchev–Trinajstić information content (AvgIpc) is 3.20. The first-order valence-corrected chi connectivity index (χ1v) is 13.5. The van der Waals surface area contributed by atoms with Crippen LogP contribution in [-0.4, -0.2) is 67.7 Å². The van der Waals surface area contributed by atoms with E-state index in [0.29, 0.717) is 25.7 Å². The molecule has 1 saturated heterocycles. The number of carbonyl (C=O) groups is 2. The van der Waals surface area contributed by atoms with Gasteiger partial charge in [-0.15, -0.1) is 11.3 Å². The molecule has 9 heteroatoms. The van der Waals surface area contributed by atoms with Crippen LogP contribution in [0.4, 0.5) is 0 Å². The lowest BCUT2D eigenvalue weighted by atomic mass is 9.73. The molecule has 200 valence electrons. The van der Waals surface area contributed by atoms with Crippen molar-refractivity contribution in [2.45, 2.75) is 111 Å². The predicted octanol–water partition coefficient (Wildman–Crippen LogP) is 2.82. The molecule has 2 unspecified atom stereocenters. The Hall–Kier alpha value is -1.39. The fourth-order valence-electron chi connectivity index (χ4n) is 4.76. The van der Waals surface area contributed by atoms with Crippen molar-refractivity contribution < 1.29 is 34.8 Å². The van der Waals surface area contributed by atoms with Gasteiger partial charge >= 0.3 is 5.97 Å². The molecule has 0 saturated carbocycles. The SMILES string of the molecule is Cc1nc(CC(C)C(O)C[C@H]2OC(=O)C[C@H](O)C(C)(C)C(=O)[C@H](C)[C@@H](O)[C@@H](C)CCC[C@H]2O)cs1. The van der Waals surface area contributed by atoms with E-state index in [1.54, 1.807) is 32.1 Å². The van der Waals surface area contributed by atoms with Crippen LogP contribution in [0.5, 0.6) is 0 Å². The second-order valence-electron chi connectivity index (χ2n) is 10.9. The first-order chi connectivity index (χ1) is 16.2. The summed E-state index contributed by atoms with van der Waals surface area (Å²) in [5, 5.41) is 46.0. The van der Waals surface area contributed by atoms with Crippen LogP contribution in [-0.2, 0) is 20.7 Å². The van der Waals surface area contributed by atoms with Crippen molar-refractivity contribution in [2.75, 3.05) is 0 Å². The van der Waals surface area contributed by atoms with Crippen LogP contribution in [0.1, 0.15) is 77.4 Å². The Kier molecular flexibility index (Phi) is 10.8. The number of ketones is 1. The van der Waals surface area contributed by atoms with Crippen molar-refractivity contribution in [2.24, 2.45) is 23.2 Å². The van der Waals surface area contributed by atoms with Crippen LogP contribution in [0, 0.1) is 30.1 Å².